The fraction of sp³-hybridized carbons (Fsp3) is 0.786. The lowest BCUT2D eigenvalue weighted by Crippen LogP contribution is -2.04. The zero-order valence-corrected chi connectivity index (χ0v) is 21.8. The van der Waals surface area contributed by atoms with Crippen LogP contribution in [0.1, 0.15) is 135 Å². The first-order valence-corrected chi connectivity index (χ1v) is 14.1. The lowest BCUT2D eigenvalue weighted by molar-refractivity contribution is 0.530. The molecular formula is C28H50BrN. The van der Waals surface area contributed by atoms with Gasteiger partial charge in [-0.3, -0.25) is 0 Å². The minimum atomic E-state index is 1.11. The molecule has 0 aliphatic rings. The molecule has 0 atom stereocenters. The Morgan fingerprint density at radius 2 is 1.07 bits per heavy atom. The van der Waals surface area contributed by atoms with Crippen molar-refractivity contribution in [1.82, 2.24) is 0 Å². The third-order valence-electron chi connectivity index (χ3n) is 6.21. The van der Waals surface area contributed by atoms with E-state index in [4.69, 9.17) is 0 Å². The molecular weight excluding hydrogens is 430 g/mol. The summed E-state index contributed by atoms with van der Waals surface area (Å²) in [6, 6.07) is 6.68. The Morgan fingerprint density at radius 1 is 0.600 bits per heavy atom. The van der Waals surface area contributed by atoms with E-state index in [1.807, 2.05) is 0 Å². The standard InChI is InChI=1S/C28H50BrN/c1-3-5-7-8-9-10-11-12-13-14-15-16-17-18-19-20-24-30-28-23-22-27(29)25-26(28)21-6-4-2/h22-23,25,30H,3-21,24H2,1-2H3. The number of nitrogens with one attached hydrogen (secondary N) is 1. The number of halogens is 1. The van der Waals surface area contributed by atoms with Crippen LogP contribution >= 0.6 is 15.9 Å². The molecule has 1 aromatic rings. The van der Waals surface area contributed by atoms with Crippen molar-refractivity contribution < 1.29 is 0 Å². The maximum absolute atomic E-state index is 3.68. The van der Waals surface area contributed by atoms with E-state index in [1.54, 1.807) is 0 Å². The first kappa shape index (κ1) is 27.5. The molecule has 0 aliphatic heterocycles. The quantitative estimate of drug-likeness (QED) is 0.173. The van der Waals surface area contributed by atoms with Crippen molar-refractivity contribution in [2.24, 2.45) is 0 Å². The van der Waals surface area contributed by atoms with E-state index in [-0.39, 0.29) is 0 Å². The first-order valence-electron chi connectivity index (χ1n) is 13.3. The Kier molecular flexibility index (Phi) is 18.7. The van der Waals surface area contributed by atoms with Crippen LogP contribution in [-0.2, 0) is 6.42 Å². The molecule has 0 radical (unpaired) electrons. The summed E-state index contributed by atoms with van der Waals surface area (Å²) in [5.74, 6) is 0. The van der Waals surface area contributed by atoms with Crippen LogP contribution in [0.3, 0.4) is 0 Å². The molecule has 1 rings (SSSR count). The molecule has 0 amide bonds. The summed E-state index contributed by atoms with van der Waals surface area (Å²) in [4.78, 5) is 0. The molecule has 30 heavy (non-hydrogen) atoms. The lowest BCUT2D eigenvalue weighted by Gasteiger charge is -2.12. The second-order valence-electron chi connectivity index (χ2n) is 9.14. The summed E-state index contributed by atoms with van der Waals surface area (Å²) in [6.45, 7) is 5.67. The van der Waals surface area contributed by atoms with Crippen LogP contribution in [-0.4, -0.2) is 6.54 Å². The minimum Gasteiger partial charge on any atom is -0.385 e. The molecule has 174 valence electrons. The van der Waals surface area contributed by atoms with E-state index in [2.05, 4.69) is 53.3 Å². The predicted molar refractivity (Wildman–Crippen MR) is 141 cm³/mol. The normalized spacial score (nSPS) is 11.2. The average Bonchev–Trinajstić information content (AvgIpc) is 2.75. The Morgan fingerprint density at radius 3 is 1.57 bits per heavy atom. The molecule has 0 fully saturated rings. The van der Waals surface area contributed by atoms with Crippen molar-refractivity contribution in [3.63, 3.8) is 0 Å². The number of rotatable bonds is 21. The number of hydrogen-bond acceptors (Lipinski definition) is 1. The maximum atomic E-state index is 3.68. The Bertz CT molecular complexity index is 499. The van der Waals surface area contributed by atoms with Crippen molar-refractivity contribution in [2.75, 3.05) is 11.9 Å². The second-order valence-corrected chi connectivity index (χ2v) is 10.1. The molecule has 0 saturated carbocycles. The third-order valence-corrected chi connectivity index (χ3v) is 6.71. The van der Waals surface area contributed by atoms with Crippen molar-refractivity contribution in [2.45, 2.75) is 136 Å². The van der Waals surface area contributed by atoms with Crippen LogP contribution in [0.4, 0.5) is 5.69 Å². The van der Waals surface area contributed by atoms with Crippen LogP contribution in [0, 0.1) is 0 Å². The van der Waals surface area contributed by atoms with Crippen LogP contribution in [0.2, 0.25) is 0 Å². The maximum Gasteiger partial charge on any atom is 0.0373 e. The van der Waals surface area contributed by atoms with E-state index < -0.39 is 0 Å². The fourth-order valence-corrected chi connectivity index (χ4v) is 4.61. The van der Waals surface area contributed by atoms with Crippen LogP contribution in [0.5, 0.6) is 0 Å². The lowest BCUT2D eigenvalue weighted by atomic mass is 10.0. The summed E-state index contributed by atoms with van der Waals surface area (Å²) in [6.07, 6.45) is 26.6. The van der Waals surface area contributed by atoms with Crippen molar-refractivity contribution in [1.29, 1.82) is 0 Å². The van der Waals surface area contributed by atoms with Gasteiger partial charge in [0.15, 0.2) is 0 Å². The summed E-state index contributed by atoms with van der Waals surface area (Å²) in [5.41, 5.74) is 2.80. The number of hydrogen-bond donors (Lipinski definition) is 1. The van der Waals surface area contributed by atoms with E-state index in [9.17, 15) is 0 Å². The van der Waals surface area contributed by atoms with Gasteiger partial charge in [0.1, 0.15) is 0 Å². The molecule has 2 heteroatoms. The molecule has 0 unspecified atom stereocenters. The van der Waals surface area contributed by atoms with Crippen molar-refractivity contribution in [3.05, 3.63) is 28.2 Å². The second kappa shape index (κ2) is 20.4. The minimum absolute atomic E-state index is 1.11. The van der Waals surface area contributed by atoms with E-state index >= 15 is 0 Å². The van der Waals surface area contributed by atoms with E-state index in [0.29, 0.717) is 0 Å². The molecule has 0 aromatic heterocycles. The summed E-state index contributed by atoms with van der Waals surface area (Å²) >= 11 is 3.61. The van der Waals surface area contributed by atoms with Crippen molar-refractivity contribution >= 4 is 21.6 Å². The molecule has 1 aromatic carbocycles. The highest BCUT2D eigenvalue weighted by atomic mass is 79.9. The molecule has 0 heterocycles. The molecule has 0 bridgehead atoms. The molecule has 1 nitrogen and oxygen atoms in total. The van der Waals surface area contributed by atoms with Crippen LogP contribution in [0.25, 0.3) is 0 Å². The van der Waals surface area contributed by atoms with E-state index in [1.165, 1.54) is 138 Å². The van der Waals surface area contributed by atoms with Gasteiger partial charge in [0.25, 0.3) is 0 Å². The van der Waals surface area contributed by atoms with Gasteiger partial charge >= 0.3 is 0 Å². The smallest absolute Gasteiger partial charge is 0.0373 e. The zero-order chi connectivity index (χ0) is 21.7. The molecule has 0 saturated heterocycles. The monoisotopic (exact) mass is 479 g/mol. The number of benzene rings is 1. The number of unbranched alkanes of at least 4 members (excludes halogenated alkanes) is 16. The van der Waals surface area contributed by atoms with Gasteiger partial charge in [-0.2, -0.15) is 0 Å². The number of anilines is 1. The highest BCUT2D eigenvalue weighted by Crippen LogP contribution is 2.23. The number of aryl methyl sites for hydroxylation is 1. The van der Waals surface area contributed by atoms with Crippen molar-refractivity contribution in [3.8, 4) is 0 Å². The van der Waals surface area contributed by atoms with Gasteiger partial charge in [-0.15, -0.1) is 0 Å². The van der Waals surface area contributed by atoms with Gasteiger partial charge in [0.05, 0.1) is 0 Å². The topological polar surface area (TPSA) is 12.0 Å². The van der Waals surface area contributed by atoms with Gasteiger partial charge < -0.3 is 5.32 Å². The van der Waals surface area contributed by atoms with E-state index in [0.717, 1.165) is 6.54 Å². The Balaban J connectivity index is 1.89. The van der Waals surface area contributed by atoms with Crippen LogP contribution < -0.4 is 5.32 Å². The average molecular weight is 481 g/mol. The van der Waals surface area contributed by atoms with Gasteiger partial charge in [-0.25, -0.2) is 0 Å². The summed E-state index contributed by atoms with van der Waals surface area (Å²) in [5, 5.41) is 3.68. The SMILES string of the molecule is CCCCCCCCCCCCCCCCCCNc1ccc(Br)cc1CCCC. The first-order chi connectivity index (χ1) is 14.8. The summed E-state index contributed by atoms with van der Waals surface area (Å²) in [7, 11) is 0. The zero-order valence-electron chi connectivity index (χ0n) is 20.3. The van der Waals surface area contributed by atoms with Gasteiger partial charge in [0.2, 0.25) is 0 Å². The van der Waals surface area contributed by atoms with Gasteiger partial charge in [-0.05, 0) is 43.0 Å². The highest BCUT2D eigenvalue weighted by molar-refractivity contribution is 9.10. The molecule has 1 N–H and O–H groups in total. The predicted octanol–water partition coefficient (Wildman–Crippen LogP) is 10.5. The third kappa shape index (κ3) is 15.3. The largest absolute Gasteiger partial charge is 0.385 e. The van der Waals surface area contributed by atoms with Gasteiger partial charge in [0, 0.05) is 16.7 Å². The molecule has 0 spiro atoms. The summed E-state index contributed by atoms with van der Waals surface area (Å²) < 4.78 is 1.20. The highest BCUT2D eigenvalue weighted by Gasteiger charge is 2.03. The van der Waals surface area contributed by atoms with Gasteiger partial charge in [-0.1, -0.05) is 133 Å². The Hall–Kier alpha value is -0.500. The molecule has 0 aliphatic carbocycles. The fourth-order valence-electron chi connectivity index (χ4n) is 4.20. The van der Waals surface area contributed by atoms with Crippen LogP contribution in [0.15, 0.2) is 22.7 Å². The Labute approximate surface area is 197 Å².